The number of carbonyl (C=O) groups is 1. The van der Waals surface area contributed by atoms with E-state index in [1.54, 1.807) is 36.4 Å². The second-order valence-electron chi connectivity index (χ2n) is 9.53. The van der Waals surface area contributed by atoms with E-state index in [2.05, 4.69) is 31.3 Å². The summed E-state index contributed by atoms with van der Waals surface area (Å²) in [5, 5.41) is 3.01. The zero-order chi connectivity index (χ0) is 24.9. The maximum Gasteiger partial charge on any atom is 0.264 e. The first-order valence-corrected chi connectivity index (χ1v) is 12.9. The van der Waals surface area contributed by atoms with Gasteiger partial charge in [-0.3, -0.25) is 9.10 Å². The molecule has 3 aromatic carbocycles. The number of anilines is 1. The number of sulfonamides is 1. The van der Waals surface area contributed by atoms with Crippen LogP contribution in [-0.2, 0) is 20.2 Å². The van der Waals surface area contributed by atoms with Crippen molar-refractivity contribution in [2.24, 2.45) is 0 Å². The lowest BCUT2D eigenvalue weighted by Crippen LogP contribution is -2.45. The van der Waals surface area contributed by atoms with Crippen LogP contribution in [0.5, 0.6) is 0 Å². The summed E-state index contributed by atoms with van der Waals surface area (Å²) in [5.41, 5.74) is 3.30. The fraction of sp³-hybridized carbons (Fsp3) is 0.321. The molecular formula is C28H34N2O3S. The Morgan fingerprint density at radius 1 is 0.912 bits per heavy atom. The van der Waals surface area contributed by atoms with Crippen LogP contribution in [0.3, 0.4) is 0 Å². The summed E-state index contributed by atoms with van der Waals surface area (Å²) >= 11 is 0. The Bertz CT molecular complexity index is 1220. The zero-order valence-electron chi connectivity index (χ0n) is 20.6. The molecule has 0 heterocycles. The van der Waals surface area contributed by atoms with E-state index in [0.29, 0.717) is 5.69 Å². The number of amides is 1. The minimum Gasteiger partial charge on any atom is -0.352 e. The average molecular weight is 479 g/mol. The van der Waals surface area contributed by atoms with E-state index in [-0.39, 0.29) is 28.8 Å². The predicted octanol–water partition coefficient (Wildman–Crippen LogP) is 5.37. The molecule has 1 N–H and O–H groups in total. The van der Waals surface area contributed by atoms with Crippen molar-refractivity contribution in [3.8, 4) is 0 Å². The van der Waals surface area contributed by atoms with Crippen molar-refractivity contribution >= 4 is 21.6 Å². The SMILES string of the molecule is Cc1ccc(S(=O)(=O)N(CC(=O)NC(C)CC(C)(C)c2ccccc2)c2ccccc2C)cc1. The van der Waals surface area contributed by atoms with Crippen LogP contribution in [-0.4, -0.2) is 26.9 Å². The van der Waals surface area contributed by atoms with Gasteiger partial charge in [-0.25, -0.2) is 8.42 Å². The number of rotatable bonds is 9. The molecule has 0 aliphatic rings. The van der Waals surface area contributed by atoms with E-state index in [0.717, 1.165) is 17.5 Å². The summed E-state index contributed by atoms with van der Waals surface area (Å²) in [6.07, 6.45) is 0.720. The highest BCUT2D eigenvalue weighted by Crippen LogP contribution is 2.29. The molecule has 6 heteroatoms. The third-order valence-electron chi connectivity index (χ3n) is 6.06. The topological polar surface area (TPSA) is 66.5 Å². The monoisotopic (exact) mass is 478 g/mol. The quantitative estimate of drug-likeness (QED) is 0.450. The molecule has 0 spiro atoms. The van der Waals surface area contributed by atoms with Crippen LogP contribution < -0.4 is 9.62 Å². The van der Waals surface area contributed by atoms with Gasteiger partial charge < -0.3 is 5.32 Å². The lowest BCUT2D eigenvalue weighted by atomic mass is 9.79. The molecule has 0 aliphatic carbocycles. The molecule has 3 aromatic rings. The molecule has 0 saturated heterocycles. The highest BCUT2D eigenvalue weighted by atomic mass is 32.2. The largest absolute Gasteiger partial charge is 0.352 e. The van der Waals surface area contributed by atoms with Gasteiger partial charge in [0, 0.05) is 6.04 Å². The molecule has 34 heavy (non-hydrogen) atoms. The average Bonchev–Trinajstić information content (AvgIpc) is 2.78. The van der Waals surface area contributed by atoms with Gasteiger partial charge in [-0.1, -0.05) is 80.1 Å². The van der Waals surface area contributed by atoms with Gasteiger partial charge in [0.1, 0.15) is 6.54 Å². The highest BCUT2D eigenvalue weighted by Gasteiger charge is 2.29. The maximum atomic E-state index is 13.6. The van der Waals surface area contributed by atoms with Crippen LogP contribution >= 0.6 is 0 Å². The number of aryl methyl sites for hydroxylation is 2. The number of carbonyl (C=O) groups excluding carboxylic acids is 1. The van der Waals surface area contributed by atoms with Crippen LogP contribution in [0, 0.1) is 13.8 Å². The molecule has 0 radical (unpaired) electrons. The lowest BCUT2D eigenvalue weighted by molar-refractivity contribution is -0.120. The molecule has 0 aromatic heterocycles. The normalized spacial score (nSPS) is 12.7. The Labute approximate surface area is 203 Å². The number of benzene rings is 3. The smallest absolute Gasteiger partial charge is 0.264 e. The van der Waals surface area contributed by atoms with Crippen molar-refractivity contribution < 1.29 is 13.2 Å². The number of nitrogens with zero attached hydrogens (tertiary/aromatic N) is 1. The van der Waals surface area contributed by atoms with Gasteiger partial charge in [0.25, 0.3) is 10.0 Å². The summed E-state index contributed by atoms with van der Waals surface area (Å²) in [4.78, 5) is 13.2. The molecule has 0 fully saturated rings. The van der Waals surface area contributed by atoms with Crippen LogP contribution in [0.15, 0.2) is 83.8 Å². The van der Waals surface area contributed by atoms with E-state index >= 15 is 0 Å². The van der Waals surface area contributed by atoms with Crippen molar-refractivity contribution in [3.63, 3.8) is 0 Å². The summed E-state index contributed by atoms with van der Waals surface area (Å²) in [6, 6.07) is 23.9. The van der Waals surface area contributed by atoms with Crippen molar-refractivity contribution in [3.05, 3.63) is 95.6 Å². The van der Waals surface area contributed by atoms with Crippen molar-refractivity contribution in [2.45, 2.75) is 57.4 Å². The Morgan fingerprint density at radius 2 is 1.50 bits per heavy atom. The first kappa shape index (κ1) is 25.5. The number of hydrogen-bond donors (Lipinski definition) is 1. The molecule has 0 aliphatic heterocycles. The van der Waals surface area contributed by atoms with Gasteiger partial charge in [0.15, 0.2) is 0 Å². The standard InChI is InChI=1S/C28H34N2O3S/c1-21-15-17-25(18-16-21)34(32,33)30(26-14-10-9-11-22(26)2)20-27(31)29-23(3)19-28(4,5)24-12-7-6-8-13-24/h6-18,23H,19-20H2,1-5H3,(H,29,31). The Hall–Kier alpha value is -3.12. The van der Waals surface area contributed by atoms with Crippen LogP contribution in [0.1, 0.15) is 43.9 Å². The summed E-state index contributed by atoms with van der Waals surface area (Å²) < 4.78 is 28.4. The molecule has 0 saturated carbocycles. The Balaban J connectivity index is 1.82. The van der Waals surface area contributed by atoms with Gasteiger partial charge in [0.2, 0.25) is 5.91 Å². The third kappa shape index (κ3) is 6.06. The van der Waals surface area contributed by atoms with Gasteiger partial charge in [-0.2, -0.15) is 0 Å². The van der Waals surface area contributed by atoms with E-state index < -0.39 is 10.0 Å². The molecule has 180 valence electrons. The first-order chi connectivity index (χ1) is 16.0. The molecule has 1 atom stereocenters. The van der Waals surface area contributed by atoms with E-state index in [1.165, 1.54) is 9.87 Å². The van der Waals surface area contributed by atoms with Crippen LogP contribution in [0.2, 0.25) is 0 Å². The van der Waals surface area contributed by atoms with Gasteiger partial charge in [0.05, 0.1) is 10.6 Å². The summed E-state index contributed by atoms with van der Waals surface area (Å²) in [6.45, 7) is 9.70. The fourth-order valence-electron chi connectivity index (χ4n) is 4.25. The number of para-hydroxylation sites is 1. The fourth-order valence-corrected chi connectivity index (χ4v) is 5.74. The van der Waals surface area contributed by atoms with Gasteiger partial charge >= 0.3 is 0 Å². The molecular weight excluding hydrogens is 444 g/mol. The highest BCUT2D eigenvalue weighted by molar-refractivity contribution is 7.92. The van der Waals surface area contributed by atoms with Gasteiger partial charge in [-0.15, -0.1) is 0 Å². The third-order valence-corrected chi connectivity index (χ3v) is 7.83. The minimum atomic E-state index is -3.93. The summed E-state index contributed by atoms with van der Waals surface area (Å²) in [5.74, 6) is -0.338. The molecule has 5 nitrogen and oxygen atoms in total. The molecule has 1 unspecified atom stereocenters. The van der Waals surface area contributed by atoms with Crippen molar-refractivity contribution in [1.82, 2.24) is 5.32 Å². The molecule has 1 amide bonds. The van der Waals surface area contributed by atoms with E-state index in [1.807, 2.05) is 51.1 Å². The van der Waals surface area contributed by atoms with Crippen LogP contribution in [0.4, 0.5) is 5.69 Å². The van der Waals surface area contributed by atoms with Gasteiger partial charge in [-0.05, 0) is 61.9 Å². The Morgan fingerprint density at radius 3 is 2.12 bits per heavy atom. The first-order valence-electron chi connectivity index (χ1n) is 11.5. The van der Waals surface area contributed by atoms with Crippen molar-refractivity contribution in [1.29, 1.82) is 0 Å². The second kappa shape index (κ2) is 10.4. The van der Waals surface area contributed by atoms with E-state index in [9.17, 15) is 13.2 Å². The molecule has 3 rings (SSSR count). The number of hydrogen-bond acceptors (Lipinski definition) is 3. The maximum absolute atomic E-state index is 13.6. The number of nitrogens with one attached hydrogen (secondary N) is 1. The lowest BCUT2D eigenvalue weighted by Gasteiger charge is -2.30. The Kier molecular flexibility index (Phi) is 7.82. The predicted molar refractivity (Wildman–Crippen MR) is 139 cm³/mol. The minimum absolute atomic E-state index is 0.136. The molecule has 0 bridgehead atoms. The summed E-state index contributed by atoms with van der Waals surface area (Å²) in [7, 11) is -3.93. The second-order valence-corrected chi connectivity index (χ2v) is 11.4. The van der Waals surface area contributed by atoms with E-state index in [4.69, 9.17) is 0 Å². The van der Waals surface area contributed by atoms with Crippen molar-refractivity contribution in [2.75, 3.05) is 10.8 Å². The van der Waals surface area contributed by atoms with Crippen LogP contribution in [0.25, 0.3) is 0 Å². The zero-order valence-corrected chi connectivity index (χ0v) is 21.4.